The number of hydrogen-bond acceptors (Lipinski definition) is 5. The highest BCUT2D eigenvalue weighted by Gasteiger charge is 2.33. The average Bonchev–Trinajstić information content (AvgIpc) is 3.26. The Balaban J connectivity index is 1.92. The lowest BCUT2D eigenvalue weighted by atomic mass is 10.0. The van der Waals surface area contributed by atoms with Gasteiger partial charge in [-0.1, -0.05) is 18.5 Å². The Labute approximate surface area is 182 Å². The number of ether oxygens (including phenoxy) is 4. The number of methoxy groups -OCH3 is 3. The molecule has 2 aromatic carbocycles. The van der Waals surface area contributed by atoms with Crippen molar-refractivity contribution in [1.29, 1.82) is 0 Å². The van der Waals surface area contributed by atoms with Crippen LogP contribution in [-0.4, -0.2) is 45.3 Å². The molecule has 1 aliphatic heterocycles. The fourth-order valence-corrected chi connectivity index (χ4v) is 4.05. The van der Waals surface area contributed by atoms with Gasteiger partial charge in [-0.05, 0) is 43.5 Å². The second-order valence-corrected chi connectivity index (χ2v) is 7.51. The lowest BCUT2D eigenvalue weighted by Gasteiger charge is -2.27. The van der Waals surface area contributed by atoms with E-state index in [1.807, 2.05) is 30.0 Å². The highest BCUT2D eigenvalue weighted by atomic mass is 35.5. The van der Waals surface area contributed by atoms with Crippen LogP contribution in [0.2, 0.25) is 5.02 Å². The van der Waals surface area contributed by atoms with Gasteiger partial charge in [-0.25, -0.2) is 0 Å². The van der Waals surface area contributed by atoms with Crippen molar-refractivity contribution in [2.45, 2.75) is 32.2 Å². The van der Waals surface area contributed by atoms with Gasteiger partial charge in [0.1, 0.15) is 11.5 Å². The van der Waals surface area contributed by atoms with Crippen LogP contribution in [-0.2, 0) is 0 Å². The number of carbonyl (C=O) groups is 1. The number of carbonyl (C=O) groups excluding carboxylic acids is 1. The van der Waals surface area contributed by atoms with E-state index < -0.39 is 0 Å². The van der Waals surface area contributed by atoms with E-state index in [4.69, 9.17) is 30.5 Å². The van der Waals surface area contributed by atoms with Gasteiger partial charge in [0.15, 0.2) is 11.5 Å². The molecule has 0 aliphatic carbocycles. The molecule has 0 bridgehead atoms. The molecule has 7 heteroatoms. The van der Waals surface area contributed by atoms with Crippen LogP contribution in [0.3, 0.4) is 0 Å². The summed E-state index contributed by atoms with van der Waals surface area (Å²) in [5.74, 6) is 2.24. The van der Waals surface area contributed by atoms with E-state index in [0.717, 1.165) is 24.8 Å². The van der Waals surface area contributed by atoms with E-state index in [1.165, 1.54) is 0 Å². The first-order valence-corrected chi connectivity index (χ1v) is 10.4. The van der Waals surface area contributed by atoms with Crippen molar-refractivity contribution in [3.63, 3.8) is 0 Å². The van der Waals surface area contributed by atoms with Gasteiger partial charge < -0.3 is 23.8 Å². The maximum atomic E-state index is 13.4. The fourth-order valence-electron chi connectivity index (χ4n) is 3.78. The highest BCUT2D eigenvalue weighted by Crippen LogP contribution is 2.41. The third kappa shape index (κ3) is 4.43. The molecular formula is C23H28ClNO5. The second kappa shape index (κ2) is 9.94. The first kappa shape index (κ1) is 22.1. The van der Waals surface area contributed by atoms with Crippen LogP contribution in [0.4, 0.5) is 0 Å². The third-order valence-electron chi connectivity index (χ3n) is 5.24. The molecule has 1 atom stereocenters. The fraction of sp³-hybridized carbons (Fsp3) is 0.435. The first-order chi connectivity index (χ1) is 14.5. The summed E-state index contributed by atoms with van der Waals surface area (Å²) in [6.45, 7) is 3.20. The molecule has 0 N–H and O–H groups in total. The van der Waals surface area contributed by atoms with E-state index in [9.17, 15) is 4.79 Å². The van der Waals surface area contributed by atoms with E-state index in [2.05, 4.69) is 0 Å². The Bertz CT molecular complexity index is 901. The highest BCUT2D eigenvalue weighted by molar-refractivity contribution is 6.32. The van der Waals surface area contributed by atoms with Crippen molar-refractivity contribution < 1.29 is 23.7 Å². The van der Waals surface area contributed by atoms with Crippen LogP contribution in [0.1, 0.15) is 48.1 Å². The third-order valence-corrected chi connectivity index (χ3v) is 5.52. The quantitative estimate of drug-likeness (QED) is 0.577. The molecule has 30 heavy (non-hydrogen) atoms. The average molecular weight is 434 g/mol. The van der Waals surface area contributed by atoms with Gasteiger partial charge in [-0.3, -0.25) is 4.79 Å². The first-order valence-electron chi connectivity index (χ1n) is 10.1. The molecule has 1 saturated heterocycles. The van der Waals surface area contributed by atoms with Crippen LogP contribution in [0.15, 0.2) is 30.3 Å². The summed E-state index contributed by atoms with van der Waals surface area (Å²) in [7, 11) is 4.78. The molecule has 1 aliphatic rings. The molecule has 0 radical (unpaired) electrons. The summed E-state index contributed by atoms with van der Waals surface area (Å²) in [5, 5.41) is 0.365. The number of benzene rings is 2. The summed E-state index contributed by atoms with van der Waals surface area (Å²) >= 11 is 6.42. The van der Waals surface area contributed by atoms with Crippen LogP contribution in [0, 0.1) is 0 Å². The minimum Gasteiger partial charge on any atom is -0.497 e. The molecule has 0 spiro atoms. The Morgan fingerprint density at radius 3 is 2.53 bits per heavy atom. The summed E-state index contributed by atoms with van der Waals surface area (Å²) in [4.78, 5) is 15.3. The SMILES string of the molecule is CCCOc1c(Cl)cc(C(=O)N2CCCC2c2ccc(OC)cc2OC)cc1OC. The van der Waals surface area contributed by atoms with Crippen molar-refractivity contribution in [2.24, 2.45) is 0 Å². The maximum absolute atomic E-state index is 13.4. The summed E-state index contributed by atoms with van der Waals surface area (Å²) < 4.78 is 22.0. The van der Waals surface area contributed by atoms with E-state index >= 15 is 0 Å². The largest absolute Gasteiger partial charge is 0.497 e. The van der Waals surface area contributed by atoms with Crippen LogP contribution in [0.25, 0.3) is 0 Å². The molecule has 6 nitrogen and oxygen atoms in total. The van der Waals surface area contributed by atoms with Crippen molar-refractivity contribution in [1.82, 2.24) is 4.90 Å². The molecule has 1 unspecified atom stereocenters. The van der Waals surface area contributed by atoms with Gasteiger partial charge >= 0.3 is 0 Å². The topological polar surface area (TPSA) is 57.2 Å². The molecule has 0 saturated carbocycles. The van der Waals surface area contributed by atoms with Crippen molar-refractivity contribution in [2.75, 3.05) is 34.5 Å². The predicted octanol–water partition coefficient (Wildman–Crippen LogP) is 5.13. The number of amides is 1. The van der Waals surface area contributed by atoms with Gasteiger partial charge in [-0.15, -0.1) is 0 Å². The molecule has 162 valence electrons. The predicted molar refractivity (Wildman–Crippen MR) is 116 cm³/mol. The van der Waals surface area contributed by atoms with Gasteiger partial charge in [0.2, 0.25) is 0 Å². The Kier molecular flexibility index (Phi) is 7.32. The summed E-state index contributed by atoms with van der Waals surface area (Å²) in [6, 6.07) is 8.95. The van der Waals surface area contributed by atoms with Crippen molar-refractivity contribution >= 4 is 17.5 Å². The van der Waals surface area contributed by atoms with Gasteiger partial charge in [-0.2, -0.15) is 0 Å². The number of hydrogen-bond donors (Lipinski definition) is 0. The smallest absolute Gasteiger partial charge is 0.254 e. The lowest BCUT2D eigenvalue weighted by molar-refractivity contribution is 0.0733. The second-order valence-electron chi connectivity index (χ2n) is 7.10. The van der Waals surface area contributed by atoms with Crippen LogP contribution < -0.4 is 18.9 Å². The van der Waals surface area contributed by atoms with Crippen LogP contribution >= 0.6 is 11.6 Å². The lowest BCUT2D eigenvalue weighted by Crippen LogP contribution is -2.30. The Morgan fingerprint density at radius 2 is 1.87 bits per heavy atom. The molecule has 1 fully saturated rings. The number of halogens is 1. The zero-order valence-corrected chi connectivity index (χ0v) is 18.6. The molecular weight excluding hydrogens is 406 g/mol. The van der Waals surface area contributed by atoms with Gasteiger partial charge in [0.25, 0.3) is 5.91 Å². The minimum absolute atomic E-state index is 0.0841. The molecule has 1 heterocycles. The van der Waals surface area contributed by atoms with E-state index in [-0.39, 0.29) is 11.9 Å². The minimum atomic E-state index is -0.0994. The van der Waals surface area contributed by atoms with Gasteiger partial charge in [0.05, 0.1) is 39.0 Å². The monoisotopic (exact) mass is 433 g/mol. The Hall–Kier alpha value is -2.60. The zero-order valence-electron chi connectivity index (χ0n) is 17.9. The zero-order chi connectivity index (χ0) is 21.7. The number of nitrogens with zero attached hydrogens (tertiary/aromatic N) is 1. The molecule has 3 rings (SSSR count). The maximum Gasteiger partial charge on any atom is 0.254 e. The molecule has 2 aromatic rings. The molecule has 1 amide bonds. The van der Waals surface area contributed by atoms with Crippen LogP contribution in [0.5, 0.6) is 23.0 Å². The van der Waals surface area contributed by atoms with Gasteiger partial charge in [0, 0.05) is 23.7 Å². The van der Waals surface area contributed by atoms with E-state index in [0.29, 0.717) is 46.7 Å². The number of likely N-dealkylation sites (tertiary alicyclic amines) is 1. The summed E-state index contributed by atoms with van der Waals surface area (Å²) in [6.07, 6.45) is 2.62. The van der Waals surface area contributed by atoms with E-state index in [1.54, 1.807) is 33.5 Å². The van der Waals surface area contributed by atoms with Crippen molar-refractivity contribution in [3.05, 3.63) is 46.5 Å². The molecule has 0 aromatic heterocycles. The standard InChI is InChI=1S/C23H28ClNO5/c1-5-11-30-22-18(24)12-15(13-21(22)29-4)23(26)25-10-6-7-19(25)17-9-8-16(27-2)14-20(17)28-3/h8-9,12-14,19H,5-7,10-11H2,1-4H3. The normalized spacial score (nSPS) is 15.8. The Morgan fingerprint density at radius 1 is 1.10 bits per heavy atom. The number of rotatable bonds is 8. The summed E-state index contributed by atoms with van der Waals surface area (Å²) in [5.41, 5.74) is 1.44. The van der Waals surface area contributed by atoms with Crippen molar-refractivity contribution in [3.8, 4) is 23.0 Å².